The first-order valence-corrected chi connectivity index (χ1v) is 14.5. The summed E-state index contributed by atoms with van der Waals surface area (Å²) >= 11 is 0. The molecule has 2 N–H and O–H groups in total. The Morgan fingerprint density at radius 2 is 1.84 bits per heavy atom. The number of fused-ring (bicyclic) bond motifs is 1. The van der Waals surface area contributed by atoms with Gasteiger partial charge in [0, 0.05) is 30.7 Å². The third kappa shape index (κ3) is 4.95. The number of rotatable bonds is 6. The van der Waals surface area contributed by atoms with Gasteiger partial charge in [-0.1, -0.05) is 20.8 Å². The van der Waals surface area contributed by atoms with Crippen LogP contribution in [0.3, 0.4) is 0 Å². The minimum absolute atomic E-state index is 0.00154. The molecule has 0 bridgehead atoms. The zero-order chi connectivity index (χ0) is 26.9. The highest BCUT2D eigenvalue weighted by molar-refractivity contribution is 7.89. The van der Waals surface area contributed by atoms with E-state index in [1.165, 1.54) is 21.6 Å². The number of nitrogens with one attached hydrogen (secondary N) is 1. The highest BCUT2D eigenvalue weighted by Crippen LogP contribution is 2.37. The first-order valence-electron chi connectivity index (χ1n) is 13.0. The summed E-state index contributed by atoms with van der Waals surface area (Å²) in [6.45, 7) is 8.39. The fraction of sp³-hybridized carbons (Fsp3) is 0.654. The van der Waals surface area contributed by atoms with Crippen LogP contribution in [-0.4, -0.2) is 51.8 Å². The fourth-order valence-electron chi connectivity index (χ4n) is 5.50. The number of carbonyl (C=O) groups is 1. The summed E-state index contributed by atoms with van der Waals surface area (Å²) in [6, 6.07) is 3.55. The van der Waals surface area contributed by atoms with Crippen molar-refractivity contribution in [1.29, 1.82) is 0 Å². The van der Waals surface area contributed by atoms with Crippen molar-refractivity contribution in [3.8, 4) is 0 Å². The molecule has 2 saturated carbocycles. The molecule has 5 rings (SSSR count). The Morgan fingerprint density at radius 3 is 2.41 bits per heavy atom. The molecular formula is C26H36N4O6S. The maximum absolute atomic E-state index is 13.9. The molecule has 2 atom stereocenters. The highest BCUT2D eigenvalue weighted by atomic mass is 32.2. The van der Waals surface area contributed by atoms with Crippen molar-refractivity contribution in [2.75, 3.05) is 6.54 Å². The highest BCUT2D eigenvalue weighted by Gasteiger charge is 2.42. The lowest BCUT2D eigenvalue weighted by Gasteiger charge is -2.44. The van der Waals surface area contributed by atoms with Gasteiger partial charge in [0.25, 0.3) is 5.56 Å². The molecule has 0 radical (unpaired) electrons. The lowest BCUT2D eigenvalue weighted by atomic mass is 9.79. The van der Waals surface area contributed by atoms with Crippen LogP contribution in [0.5, 0.6) is 0 Å². The fourth-order valence-corrected chi connectivity index (χ4v) is 6.99. The lowest BCUT2D eigenvalue weighted by Crippen LogP contribution is -2.54. The minimum atomic E-state index is -3.84. The van der Waals surface area contributed by atoms with Gasteiger partial charge in [-0.2, -0.15) is 0 Å². The molecule has 3 fully saturated rings. The van der Waals surface area contributed by atoms with Gasteiger partial charge in [-0.3, -0.25) is 13.9 Å². The standard InChI is InChI=1S/C26H36N4O6S/c1-25(2,3)21-13-17(9-12-28(21)24(33)34)30-22(31)19-14-18(37(35,36)27-26(4)10-11-26)7-8-20(19)29(23(30)32)15-16-5-6-16/h7-8,14,16-17,21,27H,5-6,9-13,15H2,1-4H3,(H,33,34). The second kappa shape index (κ2) is 8.69. The Balaban J connectivity index is 1.64. The maximum Gasteiger partial charge on any atom is 0.407 e. The van der Waals surface area contributed by atoms with E-state index in [0.717, 1.165) is 25.7 Å². The quantitative estimate of drug-likeness (QED) is 0.588. The molecule has 202 valence electrons. The van der Waals surface area contributed by atoms with E-state index >= 15 is 0 Å². The number of benzene rings is 1. The van der Waals surface area contributed by atoms with Crippen molar-refractivity contribution < 1.29 is 18.3 Å². The molecule has 2 aromatic rings. The van der Waals surface area contributed by atoms with Crippen LogP contribution in [0.2, 0.25) is 0 Å². The van der Waals surface area contributed by atoms with E-state index < -0.39 is 44.4 Å². The van der Waals surface area contributed by atoms with Crippen molar-refractivity contribution in [3.05, 3.63) is 39.0 Å². The molecule has 1 aromatic carbocycles. The number of nitrogens with zero attached hydrogens (tertiary/aromatic N) is 3. The van der Waals surface area contributed by atoms with Crippen LogP contribution >= 0.6 is 0 Å². The van der Waals surface area contributed by atoms with Crippen molar-refractivity contribution in [3.63, 3.8) is 0 Å². The number of likely N-dealkylation sites (tertiary alicyclic amines) is 1. The van der Waals surface area contributed by atoms with Gasteiger partial charge in [-0.25, -0.2) is 22.7 Å². The Kier molecular flexibility index (Phi) is 6.10. The van der Waals surface area contributed by atoms with Crippen molar-refractivity contribution in [2.24, 2.45) is 11.3 Å². The summed E-state index contributed by atoms with van der Waals surface area (Å²) in [7, 11) is -3.84. The number of sulfonamides is 1. The third-order valence-corrected chi connectivity index (χ3v) is 9.80. The van der Waals surface area contributed by atoms with Gasteiger partial charge < -0.3 is 10.0 Å². The van der Waals surface area contributed by atoms with Gasteiger partial charge in [0.2, 0.25) is 10.0 Å². The number of amides is 1. The monoisotopic (exact) mass is 532 g/mol. The Morgan fingerprint density at radius 1 is 1.16 bits per heavy atom. The molecular weight excluding hydrogens is 496 g/mol. The molecule has 2 aliphatic carbocycles. The smallest absolute Gasteiger partial charge is 0.407 e. The van der Waals surface area contributed by atoms with Gasteiger partial charge in [0.1, 0.15) is 0 Å². The Hall–Kier alpha value is -2.66. The molecule has 1 aliphatic heterocycles. The van der Waals surface area contributed by atoms with E-state index in [0.29, 0.717) is 30.8 Å². The van der Waals surface area contributed by atoms with Crippen molar-refractivity contribution >= 4 is 27.0 Å². The molecule has 1 amide bonds. The third-order valence-electron chi connectivity index (χ3n) is 8.16. The predicted molar refractivity (Wildman–Crippen MR) is 139 cm³/mol. The van der Waals surface area contributed by atoms with E-state index in [4.69, 9.17) is 0 Å². The van der Waals surface area contributed by atoms with Crippen LogP contribution in [-0.2, 0) is 16.6 Å². The number of piperidine rings is 1. The molecule has 3 aliphatic rings. The number of hydrogen-bond acceptors (Lipinski definition) is 5. The largest absolute Gasteiger partial charge is 0.465 e. The minimum Gasteiger partial charge on any atom is -0.465 e. The lowest BCUT2D eigenvalue weighted by molar-refractivity contribution is 0.0414. The normalized spacial score (nSPS) is 23.8. The van der Waals surface area contributed by atoms with E-state index in [-0.39, 0.29) is 22.9 Å². The predicted octanol–water partition coefficient (Wildman–Crippen LogP) is 3.13. The molecule has 0 spiro atoms. The topological polar surface area (TPSA) is 131 Å². The van der Waals surface area contributed by atoms with Crippen molar-refractivity contribution in [1.82, 2.24) is 18.8 Å². The molecule has 10 nitrogen and oxygen atoms in total. The number of carboxylic acid groups (broad SMARTS) is 1. The average Bonchev–Trinajstić information content (AvgIpc) is 3.74. The van der Waals surface area contributed by atoms with Gasteiger partial charge in [-0.15, -0.1) is 0 Å². The van der Waals surface area contributed by atoms with Gasteiger partial charge in [-0.05, 0) is 75.0 Å². The summed E-state index contributed by atoms with van der Waals surface area (Å²) in [5.41, 5.74) is -1.35. The molecule has 1 saturated heterocycles. The summed E-state index contributed by atoms with van der Waals surface area (Å²) < 4.78 is 31.7. The Labute approximate surface area is 216 Å². The first kappa shape index (κ1) is 26.0. The molecule has 37 heavy (non-hydrogen) atoms. The van der Waals surface area contributed by atoms with Crippen LogP contribution in [0.15, 0.2) is 32.7 Å². The maximum atomic E-state index is 13.9. The summed E-state index contributed by atoms with van der Waals surface area (Å²) in [5, 5.41) is 9.94. The zero-order valence-electron chi connectivity index (χ0n) is 21.9. The average molecular weight is 533 g/mol. The summed E-state index contributed by atoms with van der Waals surface area (Å²) in [4.78, 5) is 41.0. The van der Waals surface area contributed by atoms with Crippen LogP contribution in [0, 0.1) is 11.3 Å². The number of hydrogen-bond donors (Lipinski definition) is 2. The van der Waals surface area contributed by atoms with E-state index in [1.807, 2.05) is 27.7 Å². The molecule has 2 unspecified atom stereocenters. The van der Waals surface area contributed by atoms with Crippen LogP contribution < -0.4 is 16.0 Å². The molecule has 1 aromatic heterocycles. The summed E-state index contributed by atoms with van der Waals surface area (Å²) in [6.07, 6.45) is 3.19. The van der Waals surface area contributed by atoms with Crippen LogP contribution in [0.1, 0.15) is 72.3 Å². The summed E-state index contributed by atoms with van der Waals surface area (Å²) in [5.74, 6) is 0.350. The molecule has 2 heterocycles. The second-order valence-corrected chi connectivity index (χ2v) is 14.1. The van der Waals surface area contributed by atoms with E-state index in [2.05, 4.69) is 4.72 Å². The van der Waals surface area contributed by atoms with Gasteiger partial charge in [0.05, 0.1) is 15.8 Å². The van der Waals surface area contributed by atoms with E-state index in [1.54, 1.807) is 10.6 Å². The molecule has 11 heteroatoms. The van der Waals surface area contributed by atoms with Crippen LogP contribution in [0.25, 0.3) is 10.9 Å². The van der Waals surface area contributed by atoms with Crippen LogP contribution in [0.4, 0.5) is 4.79 Å². The van der Waals surface area contributed by atoms with Crippen molar-refractivity contribution in [2.45, 2.75) is 95.3 Å². The second-order valence-electron chi connectivity index (χ2n) is 12.4. The Bertz CT molecular complexity index is 1480. The van der Waals surface area contributed by atoms with Gasteiger partial charge >= 0.3 is 11.8 Å². The van der Waals surface area contributed by atoms with E-state index in [9.17, 15) is 27.9 Å². The zero-order valence-corrected chi connectivity index (χ0v) is 22.7. The number of aromatic nitrogens is 2. The van der Waals surface area contributed by atoms with Gasteiger partial charge in [0.15, 0.2) is 0 Å². The SMILES string of the molecule is CC1(NS(=O)(=O)c2ccc3c(c2)c(=O)n(C2CCN(C(=O)O)C(C(C)(C)C)C2)c(=O)n3CC2CC2)CC1. The first-order chi connectivity index (χ1) is 17.2.